The van der Waals surface area contributed by atoms with E-state index in [9.17, 15) is 9.90 Å². The summed E-state index contributed by atoms with van der Waals surface area (Å²) in [6.45, 7) is 0. The fraction of sp³-hybridized carbons (Fsp3) is 0.111. The van der Waals surface area contributed by atoms with Crippen molar-refractivity contribution in [2.75, 3.05) is 0 Å². The number of aromatic hydroxyl groups is 1. The molecule has 0 bridgehead atoms. The van der Waals surface area contributed by atoms with Crippen LogP contribution in [0.4, 0.5) is 0 Å². The van der Waals surface area contributed by atoms with E-state index in [2.05, 4.69) is 0 Å². The average Bonchev–Trinajstić information content (AvgIpc) is 2.17. The number of benzene rings is 1. The van der Waals surface area contributed by atoms with Gasteiger partial charge in [0, 0.05) is 5.56 Å². The van der Waals surface area contributed by atoms with E-state index in [-0.39, 0.29) is 11.1 Å². The number of aliphatic carboxylic acids is 1. The highest BCUT2D eigenvalue weighted by molar-refractivity contribution is 5.75. The maximum atomic E-state index is 10.4. The molecule has 0 aliphatic heterocycles. The van der Waals surface area contributed by atoms with Gasteiger partial charge >= 0.3 is 5.97 Å². The summed E-state index contributed by atoms with van der Waals surface area (Å²) in [5, 5.41) is 35.5. The number of carboxylic acids is 1. The molecule has 0 radical (unpaired) electrons. The van der Waals surface area contributed by atoms with Crippen molar-refractivity contribution in [2.24, 2.45) is 0 Å². The quantitative estimate of drug-likeness (QED) is 0.630. The summed E-state index contributed by atoms with van der Waals surface area (Å²) in [4.78, 5) is 10.4. The second-order valence-electron chi connectivity index (χ2n) is 2.60. The number of rotatable bonds is 2. The molecule has 0 aromatic heterocycles. The Morgan fingerprint density at radius 2 is 2.14 bits per heavy atom. The molecule has 3 N–H and O–H groups in total. The third kappa shape index (κ3) is 1.65. The Balaban J connectivity index is 3.24. The van der Waals surface area contributed by atoms with Gasteiger partial charge in [-0.15, -0.1) is 0 Å². The smallest absolute Gasteiger partial charge is 0.337 e. The molecule has 72 valence electrons. The minimum absolute atomic E-state index is 0.0669. The number of hydrogen-bond donors (Lipinski definition) is 3. The molecular weight excluding hydrogens is 186 g/mol. The second kappa shape index (κ2) is 3.77. The molecule has 1 aromatic carbocycles. The number of nitriles is 1. The van der Waals surface area contributed by atoms with Crippen LogP contribution in [0.15, 0.2) is 18.2 Å². The van der Waals surface area contributed by atoms with E-state index in [1.54, 1.807) is 6.07 Å². The molecular formula is C9H7NO4. The number of carbonyl (C=O) groups is 1. The topological polar surface area (TPSA) is 102 Å². The fourth-order valence-corrected chi connectivity index (χ4v) is 1.01. The minimum Gasteiger partial charge on any atom is -0.506 e. The van der Waals surface area contributed by atoms with Gasteiger partial charge in [0.15, 0.2) is 6.10 Å². The first-order valence-electron chi connectivity index (χ1n) is 3.70. The Morgan fingerprint density at radius 1 is 1.50 bits per heavy atom. The predicted octanol–water partition coefficient (Wildman–Crippen LogP) is 0.382. The molecule has 14 heavy (non-hydrogen) atoms. The third-order valence-electron chi connectivity index (χ3n) is 1.72. The molecule has 5 heteroatoms. The molecule has 1 aromatic rings. The van der Waals surface area contributed by atoms with Gasteiger partial charge in [0.2, 0.25) is 0 Å². The summed E-state index contributed by atoms with van der Waals surface area (Å²) in [7, 11) is 0. The largest absolute Gasteiger partial charge is 0.506 e. The lowest BCUT2D eigenvalue weighted by molar-refractivity contribution is -0.147. The predicted molar refractivity (Wildman–Crippen MR) is 45.4 cm³/mol. The van der Waals surface area contributed by atoms with Crippen molar-refractivity contribution >= 4 is 5.97 Å². The maximum absolute atomic E-state index is 10.4. The lowest BCUT2D eigenvalue weighted by atomic mass is 10.0. The van der Waals surface area contributed by atoms with Crippen LogP contribution in [0.2, 0.25) is 0 Å². The number of carboxylic acid groups (broad SMARTS) is 1. The van der Waals surface area contributed by atoms with Crippen LogP contribution in [0.25, 0.3) is 0 Å². The van der Waals surface area contributed by atoms with E-state index in [1.807, 2.05) is 0 Å². The zero-order chi connectivity index (χ0) is 10.7. The molecule has 1 rings (SSSR count). The normalized spacial score (nSPS) is 11.7. The Morgan fingerprint density at radius 3 is 2.64 bits per heavy atom. The van der Waals surface area contributed by atoms with Gasteiger partial charge in [-0.05, 0) is 6.07 Å². The van der Waals surface area contributed by atoms with E-state index in [1.165, 1.54) is 18.2 Å². The highest BCUT2D eigenvalue weighted by atomic mass is 16.4. The lowest BCUT2D eigenvalue weighted by Gasteiger charge is -2.08. The van der Waals surface area contributed by atoms with Gasteiger partial charge in [-0.2, -0.15) is 5.26 Å². The van der Waals surface area contributed by atoms with Gasteiger partial charge in [-0.25, -0.2) is 4.79 Å². The number of aliphatic hydroxyl groups excluding tert-OH is 1. The molecule has 0 aliphatic carbocycles. The number of aliphatic hydroxyl groups is 1. The maximum Gasteiger partial charge on any atom is 0.337 e. The molecule has 0 spiro atoms. The Hall–Kier alpha value is -2.06. The van der Waals surface area contributed by atoms with Crippen LogP contribution in [0.1, 0.15) is 17.2 Å². The van der Waals surface area contributed by atoms with Gasteiger partial charge in [-0.3, -0.25) is 0 Å². The SMILES string of the molecule is N#Cc1cccc(C(O)C(=O)O)c1O. The lowest BCUT2D eigenvalue weighted by Crippen LogP contribution is -2.10. The Bertz CT molecular complexity index is 408. The van der Waals surface area contributed by atoms with Crippen LogP contribution in [-0.2, 0) is 4.79 Å². The highest BCUT2D eigenvalue weighted by Crippen LogP contribution is 2.27. The van der Waals surface area contributed by atoms with Crippen LogP contribution in [0.5, 0.6) is 5.75 Å². The summed E-state index contributed by atoms with van der Waals surface area (Å²) in [5.74, 6) is -1.97. The van der Waals surface area contributed by atoms with Crippen LogP contribution < -0.4 is 0 Å². The first-order valence-corrected chi connectivity index (χ1v) is 3.70. The first-order chi connectivity index (χ1) is 6.57. The average molecular weight is 193 g/mol. The van der Waals surface area contributed by atoms with Gasteiger partial charge < -0.3 is 15.3 Å². The number of phenolic OH excluding ortho intramolecular Hbond substituents is 1. The summed E-state index contributed by atoms with van der Waals surface area (Å²) < 4.78 is 0. The molecule has 0 saturated heterocycles. The van der Waals surface area contributed by atoms with Crippen molar-refractivity contribution in [2.45, 2.75) is 6.10 Å². The Labute approximate surface area is 79.5 Å². The molecule has 0 fully saturated rings. The zero-order valence-corrected chi connectivity index (χ0v) is 7.01. The van der Waals surface area contributed by atoms with Crippen molar-refractivity contribution < 1.29 is 20.1 Å². The third-order valence-corrected chi connectivity index (χ3v) is 1.72. The Kier molecular flexibility index (Phi) is 2.70. The fourth-order valence-electron chi connectivity index (χ4n) is 1.01. The van der Waals surface area contributed by atoms with Crippen LogP contribution in [0, 0.1) is 11.3 Å². The van der Waals surface area contributed by atoms with Crippen LogP contribution >= 0.6 is 0 Å². The van der Waals surface area contributed by atoms with Gasteiger partial charge in [0.05, 0.1) is 5.56 Å². The van der Waals surface area contributed by atoms with E-state index in [0.717, 1.165) is 0 Å². The van der Waals surface area contributed by atoms with Crippen molar-refractivity contribution in [3.8, 4) is 11.8 Å². The van der Waals surface area contributed by atoms with E-state index < -0.39 is 17.8 Å². The number of nitrogens with zero attached hydrogens (tertiary/aromatic N) is 1. The summed E-state index contributed by atoms with van der Waals surface area (Å²) in [5.41, 5.74) is -0.251. The van der Waals surface area contributed by atoms with Crippen molar-refractivity contribution in [1.29, 1.82) is 5.26 Å². The van der Waals surface area contributed by atoms with Gasteiger partial charge in [0.1, 0.15) is 11.8 Å². The first kappa shape index (κ1) is 10.0. The van der Waals surface area contributed by atoms with Crippen LogP contribution in [-0.4, -0.2) is 21.3 Å². The molecule has 1 atom stereocenters. The van der Waals surface area contributed by atoms with Crippen molar-refractivity contribution in [3.63, 3.8) is 0 Å². The molecule has 0 saturated carbocycles. The van der Waals surface area contributed by atoms with Gasteiger partial charge in [-0.1, -0.05) is 12.1 Å². The number of phenols is 1. The summed E-state index contributed by atoms with van der Waals surface area (Å²) in [6.07, 6.45) is -1.82. The summed E-state index contributed by atoms with van der Waals surface area (Å²) in [6, 6.07) is 5.64. The molecule has 0 amide bonds. The monoisotopic (exact) mass is 193 g/mol. The highest BCUT2D eigenvalue weighted by Gasteiger charge is 2.20. The van der Waals surface area contributed by atoms with E-state index >= 15 is 0 Å². The molecule has 0 aliphatic rings. The van der Waals surface area contributed by atoms with Gasteiger partial charge in [0.25, 0.3) is 0 Å². The second-order valence-corrected chi connectivity index (χ2v) is 2.60. The number of hydrogen-bond acceptors (Lipinski definition) is 4. The standard InChI is InChI=1S/C9H7NO4/c10-4-5-2-1-3-6(7(5)11)8(12)9(13)14/h1-3,8,11-12H,(H,13,14). The van der Waals surface area contributed by atoms with Crippen LogP contribution in [0.3, 0.4) is 0 Å². The number of para-hydroxylation sites is 1. The van der Waals surface area contributed by atoms with E-state index in [0.29, 0.717) is 0 Å². The zero-order valence-electron chi connectivity index (χ0n) is 7.01. The minimum atomic E-state index is -1.82. The van der Waals surface area contributed by atoms with Crippen molar-refractivity contribution in [3.05, 3.63) is 29.3 Å². The van der Waals surface area contributed by atoms with Crippen molar-refractivity contribution in [1.82, 2.24) is 0 Å². The molecule has 0 heterocycles. The molecule has 1 unspecified atom stereocenters. The van der Waals surface area contributed by atoms with E-state index in [4.69, 9.17) is 15.5 Å². The summed E-state index contributed by atoms with van der Waals surface area (Å²) >= 11 is 0. The molecule has 5 nitrogen and oxygen atoms in total.